The Labute approximate surface area is 90.3 Å². The molecule has 0 bridgehead atoms. The minimum atomic E-state index is 0.818. The van der Waals surface area contributed by atoms with Gasteiger partial charge in [0.25, 0.3) is 0 Å². The lowest BCUT2D eigenvalue weighted by Gasteiger charge is -2.01. The van der Waals surface area contributed by atoms with Crippen molar-refractivity contribution in [1.29, 1.82) is 0 Å². The second-order valence-corrected chi connectivity index (χ2v) is 4.39. The predicted molar refractivity (Wildman–Crippen MR) is 66.5 cm³/mol. The lowest BCUT2D eigenvalue weighted by Crippen LogP contribution is -2.11. The number of rotatable bonds is 2. The molecule has 0 saturated heterocycles. The van der Waals surface area contributed by atoms with E-state index >= 15 is 0 Å². The van der Waals surface area contributed by atoms with Crippen LogP contribution in [-0.4, -0.2) is 11.7 Å². The molecule has 1 nitrogen and oxygen atoms in total. The van der Waals surface area contributed by atoms with E-state index in [2.05, 4.69) is 47.5 Å². The van der Waals surface area contributed by atoms with Crippen molar-refractivity contribution in [3.05, 3.63) is 48.2 Å². The van der Waals surface area contributed by atoms with Crippen molar-refractivity contribution in [2.24, 2.45) is 0 Å². The average Bonchev–Trinajstić information content (AvgIpc) is 2.86. The molecular weight excluding hydrogens is 181 g/mol. The maximum absolute atomic E-state index is 3.49. The van der Waals surface area contributed by atoms with Crippen LogP contribution in [0.25, 0.3) is 10.9 Å². The number of nitrogens with one attached hydrogen (secondary N) is 1. The van der Waals surface area contributed by atoms with Crippen molar-refractivity contribution in [2.75, 3.05) is 0 Å². The first-order valence-corrected chi connectivity index (χ1v) is 5.63. The lowest BCUT2D eigenvalue weighted by molar-refractivity contribution is 1.21. The average molecular weight is 195 g/mol. The van der Waals surface area contributed by atoms with E-state index in [0.29, 0.717) is 0 Å². The highest BCUT2D eigenvalue weighted by Crippen LogP contribution is 2.19. The molecule has 1 aliphatic rings. The topological polar surface area (TPSA) is 15.8 Å². The van der Waals surface area contributed by atoms with Crippen molar-refractivity contribution in [1.82, 2.24) is 4.98 Å². The summed E-state index contributed by atoms with van der Waals surface area (Å²) in [5.74, 6) is 0. The molecule has 1 aromatic heterocycles. The number of H-pyrrole nitrogens is 1. The number of fused-ring (bicyclic) bond motifs is 1. The molecule has 0 unspecified atom stereocenters. The molecule has 0 atom stereocenters. The van der Waals surface area contributed by atoms with Crippen LogP contribution in [0.3, 0.4) is 0 Å². The maximum Gasteiger partial charge on any atom is 0.154 e. The van der Waals surface area contributed by atoms with Gasteiger partial charge in [0, 0.05) is 11.2 Å². The van der Waals surface area contributed by atoms with E-state index < -0.39 is 0 Å². The molecule has 1 aromatic carbocycles. The third-order valence-electron chi connectivity index (χ3n) is 3.20. The summed E-state index contributed by atoms with van der Waals surface area (Å²) < 4.78 is 0. The third kappa shape index (κ3) is 1.72. The Bertz CT molecular complexity index is 457. The van der Waals surface area contributed by atoms with Crippen LogP contribution in [0.5, 0.6) is 0 Å². The van der Waals surface area contributed by atoms with Gasteiger partial charge in [0.05, 0.1) is 0 Å². The number of para-hydroxylation sites is 1. The third-order valence-corrected chi connectivity index (χ3v) is 3.20. The summed E-state index contributed by atoms with van der Waals surface area (Å²) in [5.41, 5.74) is 2.64. The summed E-state index contributed by atoms with van der Waals surface area (Å²) in [6, 6.07) is 10.8. The number of aromatic nitrogens is 1. The second kappa shape index (κ2) is 3.61. The van der Waals surface area contributed by atoms with Crippen LogP contribution < -0.4 is 0 Å². The Balaban J connectivity index is 1.85. The summed E-state index contributed by atoms with van der Waals surface area (Å²) in [6.45, 7) is 0.818. The zero-order chi connectivity index (χ0) is 10.1. The summed E-state index contributed by atoms with van der Waals surface area (Å²) in [6.07, 6.45) is 8.27. The standard InChI is InChI=1S/C13H14BN/c1-2-6-13-11(5-1)9-12(15-13)10-14-7-3-4-8-14/h1-6,9,15H,7-8,10H2. The fraction of sp³-hybridized carbons (Fsp3) is 0.231. The smallest absolute Gasteiger partial charge is 0.154 e. The molecule has 74 valence electrons. The molecule has 0 fully saturated rings. The Morgan fingerprint density at radius 2 is 1.93 bits per heavy atom. The van der Waals surface area contributed by atoms with Gasteiger partial charge in [-0.05, 0) is 23.8 Å². The number of hydrogen-bond acceptors (Lipinski definition) is 0. The molecule has 3 rings (SSSR count). The summed E-state index contributed by atoms with van der Waals surface area (Å²) in [4.78, 5) is 3.49. The van der Waals surface area contributed by atoms with Crippen LogP contribution in [0.2, 0.25) is 12.6 Å². The van der Waals surface area contributed by atoms with E-state index in [9.17, 15) is 0 Å². The Kier molecular flexibility index (Phi) is 2.13. The predicted octanol–water partition coefficient (Wildman–Crippen LogP) is 3.31. The first-order valence-electron chi connectivity index (χ1n) is 5.63. The minimum Gasteiger partial charge on any atom is -0.359 e. The molecule has 2 heteroatoms. The van der Waals surface area contributed by atoms with Gasteiger partial charge in [-0.1, -0.05) is 43.0 Å². The zero-order valence-corrected chi connectivity index (χ0v) is 8.74. The number of allylic oxidation sites excluding steroid dienone is 2. The monoisotopic (exact) mass is 195 g/mol. The van der Waals surface area contributed by atoms with Crippen LogP contribution in [0.1, 0.15) is 5.69 Å². The molecule has 0 saturated carbocycles. The van der Waals surface area contributed by atoms with Gasteiger partial charge in [-0.15, -0.1) is 0 Å². The number of benzene rings is 1. The first kappa shape index (κ1) is 8.84. The molecule has 0 radical (unpaired) electrons. The Morgan fingerprint density at radius 3 is 2.73 bits per heavy atom. The highest BCUT2D eigenvalue weighted by molar-refractivity contribution is 6.60. The SMILES string of the molecule is C1=CCB(Cc2cc3ccccc3[nH]2)C1. The fourth-order valence-electron chi connectivity index (χ4n) is 2.39. The molecule has 0 spiro atoms. The maximum atomic E-state index is 3.49. The van der Waals surface area contributed by atoms with Crippen LogP contribution >= 0.6 is 0 Å². The first-order chi connectivity index (χ1) is 7.42. The van der Waals surface area contributed by atoms with E-state index in [1.807, 2.05) is 0 Å². The van der Waals surface area contributed by atoms with Gasteiger partial charge >= 0.3 is 0 Å². The van der Waals surface area contributed by atoms with Crippen molar-refractivity contribution < 1.29 is 0 Å². The normalized spacial score (nSPS) is 15.3. The fourth-order valence-corrected chi connectivity index (χ4v) is 2.39. The van der Waals surface area contributed by atoms with Gasteiger partial charge in [-0.25, -0.2) is 0 Å². The van der Waals surface area contributed by atoms with Gasteiger partial charge in [0.15, 0.2) is 6.71 Å². The van der Waals surface area contributed by atoms with E-state index in [-0.39, 0.29) is 0 Å². The largest absolute Gasteiger partial charge is 0.359 e. The quantitative estimate of drug-likeness (QED) is 0.558. The van der Waals surface area contributed by atoms with E-state index in [4.69, 9.17) is 0 Å². The van der Waals surface area contributed by atoms with Crippen LogP contribution in [0.4, 0.5) is 0 Å². The molecule has 0 amide bonds. The minimum absolute atomic E-state index is 0.818. The van der Waals surface area contributed by atoms with Crippen molar-refractivity contribution in [3.63, 3.8) is 0 Å². The van der Waals surface area contributed by atoms with Crippen molar-refractivity contribution in [3.8, 4) is 0 Å². The highest BCUT2D eigenvalue weighted by Gasteiger charge is 2.15. The van der Waals surface area contributed by atoms with Gasteiger partial charge in [0.2, 0.25) is 0 Å². The van der Waals surface area contributed by atoms with Crippen molar-refractivity contribution >= 4 is 17.6 Å². The van der Waals surface area contributed by atoms with E-state index in [1.165, 1.54) is 35.6 Å². The molecule has 15 heavy (non-hydrogen) atoms. The molecule has 2 heterocycles. The molecule has 2 aromatic rings. The van der Waals surface area contributed by atoms with Crippen LogP contribution in [0, 0.1) is 0 Å². The van der Waals surface area contributed by atoms with Gasteiger partial charge in [0.1, 0.15) is 0 Å². The second-order valence-electron chi connectivity index (χ2n) is 4.39. The Hall–Kier alpha value is -1.44. The molecule has 1 N–H and O–H groups in total. The molecule has 0 aliphatic carbocycles. The summed E-state index contributed by atoms with van der Waals surface area (Å²) in [5, 5.41) is 1.33. The molecular formula is C13H14BN. The van der Waals surface area contributed by atoms with Crippen molar-refractivity contribution in [2.45, 2.75) is 19.0 Å². The number of hydrogen-bond donors (Lipinski definition) is 1. The van der Waals surface area contributed by atoms with Gasteiger partial charge in [-0.2, -0.15) is 0 Å². The summed E-state index contributed by atoms with van der Waals surface area (Å²) in [7, 11) is 0. The lowest BCUT2D eigenvalue weighted by atomic mass is 9.45. The van der Waals surface area contributed by atoms with E-state index in [1.54, 1.807) is 0 Å². The zero-order valence-electron chi connectivity index (χ0n) is 8.74. The van der Waals surface area contributed by atoms with Gasteiger partial charge < -0.3 is 4.98 Å². The number of aromatic amines is 1. The van der Waals surface area contributed by atoms with E-state index in [0.717, 1.165) is 6.71 Å². The summed E-state index contributed by atoms with van der Waals surface area (Å²) >= 11 is 0. The van der Waals surface area contributed by atoms with Crippen LogP contribution in [0.15, 0.2) is 42.5 Å². The Morgan fingerprint density at radius 1 is 1.13 bits per heavy atom. The van der Waals surface area contributed by atoms with Crippen LogP contribution in [-0.2, 0) is 6.32 Å². The highest BCUT2D eigenvalue weighted by atomic mass is 14.7. The van der Waals surface area contributed by atoms with Gasteiger partial charge in [-0.3, -0.25) is 0 Å². The molecule has 1 aliphatic heterocycles.